The van der Waals surface area contributed by atoms with Crippen molar-refractivity contribution >= 4 is 5.69 Å². The highest BCUT2D eigenvalue weighted by atomic mass is 16.6. The summed E-state index contributed by atoms with van der Waals surface area (Å²) < 4.78 is 0. The number of benzene rings is 1. The van der Waals surface area contributed by atoms with Gasteiger partial charge in [-0.1, -0.05) is 25.5 Å². The highest BCUT2D eigenvalue weighted by Crippen LogP contribution is 2.13. The van der Waals surface area contributed by atoms with Crippen molar-refractivity contribution < 1.29 is 4.92 Å². The zero-order valence-corrected chi connectivity index (χ0v) is 9.85. The summed E-state index contributed by atoms with van der Waals surface area (Å²) in [4.78, 5) is 12.3. The number of hydrogen-bond acceptors (Lipinski definition) is 3. The Morgan fingerprint density at radius 2 is 1.94 bits per heavy atom. The van der Waals surface area contributed by atoms with Crippen LogP contribution >= 0.6 is 0 Å². The van der Waals surface area contributed by atoms with Crippen LogP contribution in [0, 0.1) is 10.1 Å². The quantitative estimate of drug-likeness (QED) is 0.549. The molecule has 0 spiro atoms. The predicted octanol–water partition coefficient (Wildman–Crippen LogP) is 2.83. The molecule has 0 N–H and O–H groups in total. The Balaban J connectivity index is 2.51. The van der Waals surface area contributed by atoms with Gasteiger partial charge in [-0.15, -0.1) is 0 Å². The van der Waals surface area contributed by atoms with Gasteiger partial charge in [0.2, 0.25) is 0 Å². The van der Waals surface area contributed by atoms with Crippen molar-refractivity contribution in [1.29, 1.82) is 0 Å². The Kier molecular flexibility index (Phi) is 4.92. The van der Waals surface area contributed by atoms with Crippen LogP contribution in [0.1, 0.15) is 25.3 Å². The fourth-order valence-corrected chi connectivity index (χ4v) is 1.54. The van der Waals surface area contributed by atoms with E-state index < -0.39 is 0 Å². The van der Waals surface area contributed by atoms with E-state index in [4.69, 9.17) is 0 Å². The van der Waals surface area contributed by atoms with E-state index in [2.05, 4.69) is 18.9 Å². The summed E-state index contributed by atoms with van der Waals surface area (Å²) in [7, 11) is 2.07. The average Bonchev–Trinajstić information content (AvgIpc) is 2.27. The summed E-state index contributed by atoms with van der Waals surface area (Å²) in [5.74, 6) is 0. The predicted molar refractivity (Wildman–Crippen MR) is 64.3 cm³/mol. The van der Waals surface area contributed by atoms with E-state index in [1.165, 1.54) is 12.8 Å². The van der Waals surface area contributed by atoms with Gasteiger partial charge in [0, 0.05) is 18.7 Å². The molecule has 0 aromatic heterocycles. The Morgan fingerprint density at radius 1 is 1.31 bits per heavy atom. The molecule has 0 bridgehead atoms. The number of nitro groups is 1. The highest BCUT2D eigenvalue weighted by Gasteiger charge is 2.05. The van der Waals surface area contributed by atoms with Crippen LogP contribution in [0.4, 0.5) is 5.69 Å². The third kappa shape index (κ3) is 3.98. The van der Waals surface area contributed by atoms with Crippen LogP contribution < -0.4 is 0 Å². The van der Waals surface area contributed by atoms with Gasteiger partial charge in [0.15, 0.2) is 0 Å². The molecule has 4 nitrogen and oxygen atoms in total. The van der Waals surface area contributed by atoms with Crippen molar-refractivity contribution in [3.05, 3.63) is 39.9 Å². The molecular weight excluding hydrogens is 204 g/mol. The summed E-state index contributed by atoms with van der Waals surface area (Å²) in [5, 5.41) is 10.5. The van der Waals surface area contributed by atoms with E-state index >= 15 is 0 Å². The van der Waals surface area contributed by atoms with Crippen molar-refractivity contribution in [1.82, 2.24) is 4.90 Å². The number of unbranched alkanes of at least 4 members (excludes halogenated alkanes) is 1. The first-order chi connectivity index (χ1) is 7.63. The summed E-state index contributed by atoms with van der Waals surface area (Å²) in [5.41, 5.74) is 1.27. The molecule has 16 heavy (non-hydrogen) atoms. The zero-order valence-electron chi connectivity index (χ0n) is 9.85. The minimum absolute atomic E-state index is 0.153. The molecule has 1 aromatic carbocycles. The van der Waals surface area contributed by atoms with Crippen molar-refractivity contribution in [3.8, 4) is 0 Å². The first-order valence-corrected chi connectivity index (χ1v) is 5.55. The largest absolute Gasteiger partial charge is 0.302 e. The molecule has 0 unspecified atom stereocenters. The first kappa shape index (κ1) is 12.6. The lowest BCUT2D eigenvalue weighted by Crippen LogP contribution is -2.18. The molecule has 4 heteroatoms. The van der Waals surface area contributed by atoms with Gasteiger partial charge in [-0.05, 0) is 25.6 Å². The molecule has 0 atom stereocenters. The zero-order chi connectivity index (χ0) is 12.0. The van der Waals surface area contributed by atoms with Crippen LogP contribution in [0.25, 0.3) is 0 Å². The van der Waals surface area contributed by atoms with Gasteiger partial charge < -0.3 is 4.90 Å². The maximum atomic E-state index is 10.5. The number of nitro benzene ring substituents is 1. The minimum atomic E-state index is -0.370. The normalized spacial score (nSPS) is 10.7. The van der Waals surface area contributed by atoms with Crippen LogP contribution in [-0.2, 0) is 6.54 Å². The molecule has 1 rings (SSSR count). The number of hydrogen-bond donors (Lipinski definition) is 0. The fourth-order valence-electron chi connectivity index (χ4n) is 1.54. The number of rotatable bonds is 6. The van der Waals surface area contributed by atoms with Crippen LogP contribution in [0.15, 0.2) is 24.3 Å². The minimum Gasteiger partial charge on any atom is -0.302 e. The van der Waals surface area contributed by atoms with Crippen molar-refractivity contribution in [2.75, 3.05) is 13.6 Å². The van der Waals surface area contributed by atoms with Gasteiger partial charge in [-0.3, -0.25) is 10.1 Å². The Bertz CT molecular complexity index is 335. The summed E-state index contributed by atoms with van der Waals surface area (Å²) >= 11 is 0. The van der Waals surface area contributed by atoms with Gasteiger partial charge in [-0.25, -0.2) is 0 Å². The smallest absolute Gasteiger partial charge is 0.269 e. The SMILES string of the molecule is CCCCN(C)Cc1ccc([N+](=O)[O-])cc1. The molecular formula is C12H18N2O2. The van der Waals surface area contributed by atoms with Crippen molar-refractivity contribution in [2.24, 2.45) is 0 Å². The van der Waals surface area contributed by atoms with Crippen molar-refractivity contribution in [2.45, 2.75) is 26.3 Å². The summed E-state index contributed by atoms with van der Waals surface area (Å²) in [6.07, 6.45) is 2.37. The van der Waals surface area contributed by atoms with Gasteiger partial charge >= 0.3 is 0 Å². The van der Waals surface area contributed by atoms with Gasteiger partial charge in [0.1, 0.15) is 0 Å². The average molecular weight is 222 g/mol. The van der Waals surface area contributed by atoms with E-state index in [1.807, 2.05) is 12.1 Å². The lowest BCUT2D eigenvalue weighted by atomic mass is 10.2. The third-order valence-corrected chi connectivity index (χ3v) is 2.49. The molecule has 0 saturated carbocycles. The number of nitrogens with zero attached hydrogens (tertiary/aromatic N) is 2. The van der Waals surface area contributed by atoms with E-state index in [9.17, 15) is 10.1 Å². The lowest BCUT2D eigenvalue weighted by molar-refractivity contribution is -0.384. The summed E-state index contributed by atoms with van der Waals surface area (Å²) in [6, 6.07) is 6.76. The standard InChI is InChI=1S/C12H18N2O2/c1-3-4-9-13(2)10-11-5-7-12(8-6-11)14(15)16/h5-8H,3-4,9-10H2,1-2H3. The molecule has 0 amide bonds. The summed E-state index contributed by atoms with van der Waals surface area (Å²) in [6.45, 7) is 4.07. The molecule has 0 radical (unpaired) electrons. The second kappa shape index (κ2) is 6.23. The molecule has 0 fully saturated rings. The maximum Gasteiger partial charge on any atom is 0.269 e. The van der Waals surface area contributed by atoms with Crippen LogP contribution in [0.5, 0.6) is 0 Å². The van der Waals surface area contributed by atoms with Crippen molar-refractivity contribution in [3.63, 3.8) is 0 Å². The van der Waals surface area contributed by atoms with E-state index in [0.29, 0.717) is 0 Å². The molecule has 0 aliphatic rings. The molecule has 88 valence electrons. The van der Waals surface area contributed by atoms with E-state index in [1.54, 1.807) is 12.1 Å². The first-order valence-electron chi connectivity index (χ1n) is 5.55. The Hall–Kier alpha value is -1.42. The lowest BCUT2D eigenvalue weighted by Gasteiger charge is -2.15. The Morgan fingerprint density at radius 3 is 2.44 bits per heavy atom. The molecule has 0 aliphatic carbocycles. The monoisotopic (exact) mass is 222 g/mol. The topological polar surface area (TPSA) is 46.4 Å². The highest BCUT2D eigenvalue weighted by molar-refractivity contribution is 5.32. The maximum absolute atomic E-state index is 10.5. The second-order valence-corrected chi connectivity index (χ2v) is 4.01. The molecule has 0 aliphatic heterocycles. The second-order valence-electron chi connectivity index (χ2n) is 4.01. The molecule has 0 heterocycles. The van der Waals surface area contributed by atoms with Crippen LogP contribution in [0.2, 0.25) is 0 Å². The van der Waals surface area contributed by atoms with Gasteiger partial charge in [0.05, 0.1) is 4.92 Å². The Labute approximate surface area is 96.0 Å². The molecule has 1 aromatic rings. The third-order valence-electron chi connectivity index (χ3n) is 2.49. The molecule has 0 saturated heterocycles. The van der Waals surface area contributed by atoms with Crippen LogP contribution in [-0.4, -0.2) is 23.4 Å². The van der Waals surface area contributed by atoms with Crippen LogP contribution in [0.3, 0.4) is 0 Å². The van der Waals surface area contributed by atoms with Gasteiger partial charge in [-0.2, -0.15) is 0 Å². The van der Waals surface area contributed by atoms with E-state index in [-0.39, 0.29) is 10.6 Å². The van der Waals surface area contributed by atoms with E-state index in [0.717, 1.165) is 18.7 Å². The van der Waals surface area contributed by atoms with Gasteiger partial charge in [0.25, 0.3) is 5.69 Å². The number of non-ortho nitro benzene ring substituents is 1. The fraction of sp³-hybridized carbons (Fsp3) is 0.500.